The van der Waals surface area contributed by atoms with Crippen molar-refractivity contribution in [2.24, 2.45) is 0 Å². The molecule has 0 bridgehead atoms. The number of methoxy groups -OCH3 is 1. The van der Waals surface area contributed by atoms with Crippen LogP contribution in [0.15, 0.2) is 24.3 Å². The number of nitrogens with zero attached hydrogens (tertiary/aromatic N) is 1. The molecule has 1 rings (SSSR count). The van der Waals surface area contributed by atoms with Crippen LogP contribution >= 0.6 is 0 Å². The van der Waals surface area contributed by atoms with E-state index in [1.165, 1.54) is 7.11 Å². The highest BCUT2D eigenvalue weighted by Gasteiger charge is 2.19. The average molecular weight is 295 g/mol. The molecule has 1 aromatic rings. The molecule has 0 N–H and O–H groups in total. The molecule has 0 amide bonds. The van der Waals surface area contributed by atoms with Gasteiger partial charge in [-0.05, 0) is 26.0 Å². The summed E-state index contributed by atoms with van der Waals surface area (Å²) in [6.07, 6.45) is 0. The highest BCUT2D eigenvalue weighted by molar-refractivity contribution is 5.82. The number of ether oxygens (including phenoxy) is 3. The first-order chi connectivity index (χ1) is 10.1. The van der Waals surface area contributed by atoms with Gasteiger partial charge in [0.25, 0.3) is 0 Å². The lowest BCUT2D eigenvalue weighted by atomic mass is 10.2. The number of rotatable bonds is 8. The van der Waals surface area contributed by atoms with E-state index < -0.39 is 11.9 Å². The van der Waals surface area contributed by atoms with Crippen molar-refractivity contribution in [2.75, 3.05) is 38.3 Å². The van der Waals surface area contributed by atoms with Crippen molar-refractivity contribution in [3.63, 3.8) is 0 Å². The van der Waals surface area contributed by atoms with E-state index in [0.29, 0.717) is 11.4 Å². The van der Waals surface area contributed by atoms with Crippen LogP contribution in [0, 0.1) is 0 Å². The van der Waals surface area contributed by atoms with Gasteiger partial charge in [-0.3, -0.25) is 9.59 Å². The van der Waals surface area contributed by atoms with Crippen LogP contribution in [0.5, 0.6) is 5.75 Å². The minimum absolute atomic E-state index is 0.0486. The lowest BCUT2D eigenvalue weighted by Crippen LogP contribution is -2.36. The average Bonchev–Trinajstić information content (AvgIpc) is 2.47. The summed E-state index contributed by atoms with van der Waals surface area (Å²) in [5.74, 6) is -0.244. The van der Waals surface area contributed by atoms with Gasteiger partial charge in [-0.2, -0.15) is 0 Å². The predicted molar refractivity (Wildman–Crippen MR) is 78.5 cm³/mol. The Bertz CT molecular complexity index is 455. The molecule has 0 radical (unpaired) electrons. The molecule has 0 aliphatic heterocycles. The third-order valence-electron chi connectivity index (χ3n) is 2.68. The van der Waals surface area contributed by atoms with E-state index in [1.807, 2.05) is 6.07 Å². The van der Waals surface area contributed by atoms with E-state index in [4.69, 9.17) is 14.2 Å². The summed E-state index contributed by atoms with van der Waals surface area (Å²) in [6, 6.07) is 7.16. The molecule has 0 atom stereocenters. The standard InChI is InChI=1S/C15H21NO5/c1-4-20-14(17)10-16(11-15(18)21-5-2)12-8-6-7-9-13(12)19-3/h6-9H,4-5,10-11H2,1-3H3. The fourth-order valence-electron chi connectivity index (χ4n) is 1.84. The Kier molecular flexibility index (Phi) is 7.08. The quantitative estimate of drug-likeness (QED) is 0.679. The van der Waals surface area contributed by atoms with Gasteiger partial charge in [0, 0.05) is 0 Å². The van der Waals surface area contributed by atoms with Gasteiger partial charge in [0.05, 0.1) is 26.0 Å². The van der Waals surface area contributed by atoms with Crippen LogP contribution in [0.4, 0.5) is 5.69 Å². The first-order valence-corrected chi connectivity index (χ1v) is 6.81. The van der Waals surface area contributed by atoms with Crippen molar-refractivity contribution in [1.29, 1.82) is 0 Å². The van der Waals surface area contributed by atoms with E-state index in [9.17, 15) is 9.59 Å². The number of benzene rings is 1. The van der Waals surface area contributed by atoms with Crippen LogP contribution in [0.1, 0.15) is 13.8 Å². The van der Waals surface area contributed by atoms with Gasteiger partial charge in [-0.15, -0.1) is 0 Å². The molecule has 0 heterocycles. The summed E-state index contributed by atoms with van der Waals surface area (Å²) in [7, 11) is 1.53. The van der Waals surface area contributed by atoms with E-state index in [-0.39, 0.29) is 26.3 Å². The topological polar surface area (TPSA) is 65.1 Å². The Balaban J connectivity index is 2.94. The monoisotopic (exact) mass is 295 g/mol. The van der Waals surface area contributed by atoms with E-state index in [2.05, 4.69) is 0 Å². The molecule has 116 valence electrons. The van der Waals surface area contributed by atoms with Crippen molar-refractivity contribution in [3.05, 3.63) is 24.3 Å². The third kappa shape index (κ3) is 5.33. The van der Waals surface area contributed by atoms with Gasteiger partial charge >= 0.3 is 11.9 Å². The molecule has 0 aliphatic carbocycles. The third-order valence-corrected chi connectivity index (χ3v) is 2.68. The largest absolute Gasteiger partial charge is 0.495 e. The van der Waals surface area contributed by atoms with Crippen molar-refractivity contribution in [1.82, 2.24) is 0 Å². The summed E-state index contributed by atoms with van der Waals surface area (Å²) in [4.78, 5) is 25.0. The number of carbonyl (C=O) groups excluding carboxylic acids is 2. The maximum atomic E-state index is 11.7. The van der Waals surface area contributed by atoms with Crippen LogP contribution in [-0.2, 0) is 19.1 Å². The van der Waals surface area contributed by atoms with E-state index in [1.54, 1.807) is 36.9 Å². The molecule has 21 heavy (non-hydrogen) atoms. The molecule has 0 aliphatic rings. The molecular weight excluding hydrogens is 274 g/mol. The number of anilines is 1. The van der Waals surface area contributed by atoms with Gasteiger partial charge in [0.2, 0.25) is 0 Å². The number of hydrogen-bond acceptors (Lipinski definition) is 6. The Morgan fingerprint density at radius 2 is 1.52 bits per heavy atom. The number of hydrogen-bond donors (Lipinski definition) is 0. The Morgan fingerprint density at radius 1 is 1.00 bits per heavy atom. The highest BCUT2D eigenvalue weighted by Crippen LogP contribution is 2.27. The van der Waals surface area contributed by atoms with Gasteiger partial charge in [-0.25, -0.2) is 0 Å². The fourth-order valence-corrected chi connectivity index (χ4v) is 1.84. The first-order valence-electron chi connectivity index (χ1n) is 6.81. The summed E-state index contributed by atoms with van der Waals surface area (Å²) in [6.45, 7) is 3.95. The maximum Gasteiger partial charge on any atom is 0.325 e. The van der Waals surface area contributed by atoms with Crippen molar-refractivity contribution < 1.29 is 23.8 Å². The van der Waals surface area contributed by atoms with Crippen molar-refractivity contribution >= 4 is 17.6 Å². The smallest absolute Gasteiger partial charge is 0.325 e. The van der Waals surface area contributed by atoms with Crippen LogP contribution in [0.3, 0.4) is 0 Å². The minimum atomic E-state index is -0.410. The van der Waals surface area contributed by atoms with Gasteiger partial charge in [0.1, 0.15) is 18.8 Å². The molecule has 0 aromatic heterocycles. The number of esters is 2. The SMILES string of the molecule is CCOC(=O)CN(CC(=O)OCC)c1ccccc1OC. The van der Waals surface area contributed by atoms with E-state index >= 15 is 0 Å². The second kappa shape index (κ2) is 8.84. The maximum absolute atomic E-state index is 11.7. The van der Waals surface area contributed by atoms with Gasteiger partial charge in [0.15, 0.2) is 0 Å². The predicted octanol–water partition coefficient (Wildman–Crippen LogP) is 1.63. The molecule has 0 saturated carbocycles. The summed E-state index contributed by atoms with van der Waals surface area (Å²) >= 11 is 0. The summed E-state index contributed by atoms with van der Waals surface area (Å²) in [5, 5.41) is 0. The molecular formula is C15H21NO5. The summed E-state index contributed by atoms with van der Waals surface area (Å²) < 4.78 is 15.1. The first kappa shape index (κ1) is 16.8. The molecule has 6 nitrogen and oxygen atoms in total. The minimum Gasteiger partial charge on any atom is -0.495 e. The summed E-state index contributed by atoms with van der Waals surface area (Å²) in [5.41, 5.74) is 0.640. The van der Waals surface area contributed by atoms with Crippen LogP contribution in [-0.4, -0.2) is 45.4 Å². The van der Waals surface area contributed by atoms with Gasteiger partial charge < -0.3 is 19.1 Å². The molecule has 0 fully saturated rings. The van der Waals surface area contributed by atoms with Crippen LogP contribution < -0.4 is 9.64 Å². The highest BCUT2D eigenvalue weighted by atomic mass is 16.5. The normalized spacial score (nSPS) is 9.86. The molecule has 6 heteroatoms. The Morgan fingerprint density at radius 3 is 2.00 bits per heavy atom. The molecule has 0 unspecified atom stereocenters. The molecule has 0 saturated heterocycles. The zero-order valence-electron chi connectivity index (χ0n) is 12.6. The van der Waals surface area contributed by atoms with Crippen LogP contribution in [0.2, 0.25) is 0 Å². The van der Waals surface area contributed by atoms with Crippen molar-refractivity contribution in [3.8, 4) is 5.75 Å². The zero-order valence-corrected chi connectivity index (χ0v) is 12.6. The zero-order chi connectivity index (χ0) is 15.7. The van der Waals surface area contributed by atoms with Crippen molar-refractivity contribution in [2.45, 2.75) is 13.8 Å². The van der Waals surface area contributed by atoms with E-state index in [0.717, 1.165) is 0 Å². The molecule has 1 aromatic carbocycles. The lowest BCUT2D eigenvalue weighted by molar-refractivity contribution is -0.142. The second-order valence-electron chi connectivity index (χ2n) is 4.14. The Labute approximate surface area is 124 Å². The van der Waals surface area contributed by atoms with Crippen LogP contribution in [0.25, 0.3) is 0 Å². The Hall–Kier alpha value is -2.24. The lowest BCUT2D eigenvalue weighted by Gasteiger charge is -2.24. The second-order valence-corrected chi connectivity index (χ2v) is 4.14. The number of para-hydroxylation sites is 2. The van der Waals surface area contributed by atoms with Gasteiger partial charge in [-0.1, -0.05) is 12.1 Å². The molecule has 0 spiro atoms. The fraction of sp³-hybridized carbons (Fsp3) is 0.467. The number of carbonyl (C=O) groups is 2.